The molecule has 0 aliphatic heterocycles. The molecule has 2 saturated carbocycles. The predicted octanol–water partition coefficient (Wildman–Crippen LogP) is 2.42. The third-order valence-electron chi connectivity index (χ3n) is 4.32. The van der Waals surface area contributed by atoms with Crippen molar-refractivity contribution in [1.29, 1.82) is 0 Å². The number of nitrogens with one attached hydrogen (secondary N) is 1. The Morgan fingerprint density at radius 2 is 1.80 bits per heavy atom. The molecule has 0 saturated heterocycles. The Bertz CT molecular complexity index is 187. The van der Waals surface area contributed by atoms with Crippen molar-refractivity contribution in [2.45, 2.75) is 76.4 Å². The van der Waals surface area contributed by atoms with E-state index in [1.54, 1.807) is 0 Å². The minimum atomic E-state index is 0.451. The maximum atomic E-state index is 6.01. The molecule has 2 heteroatoms. The average molecular weight is 210 g/mol. The Balaban J connectivity index is 1.74. The molecule has 2 fully saturated rings. The maximum Gasteiger partial charge on any atom is 0.00843 e. The van der Waals surface area contributed by atoms with Gasteiger partial charge in [0.25, 0.3) is 0 Å². The van der Waals surface area contributed by atoms with Crippen molar-refractivity contribution in [2.75, 3.05) is 0 Å². The standard InChI is InChI=1S/C13H26N2/c1-10(11-5-2-3-6-11)15-13-8-4-7-12(14)9-13/h10-13,15H,2-9,14H2,1H3/t10-,12?,13?/m0/s1. The Kier molecular flexibility index (Phi) is 4.04. The van der Waals surface area contributed by atoms with Crippen molar-refractivity contribution in [2.24, 2.45) is 11.7 Å². The molecule has 0 aromatic carbocycles. The fraction of sp³-hybridized carbons (Fsp3) is 1.00. The van der Waals surface area contributed by atoms with Crippen LogP contribution in [0, 0.1) is 5.92 Å². The van der Waals surface area contributed by atoms with Crippen LogP contribution in [0.15, 0.2) is 0 Å². The molecule has 2 rings (SSSR count). The topological polar surface area (TPSA) is 38.0 Å². The lowest BCUT2D eigenvalue weighted by atomic mass is 9.89. The summed E-state index contributed by atoms with van der Waals surface area (Å²) in [5.74, 6) is 0.933. The molecule has 0 aromatic rings. The highest BCUT2D eigenvalue weighted by atomic mass is 15.0. The second-order valence-electron chi connectivity index (χ2n) is 5.62. The van der Waals surface area contributed by atoms with Crippen LogP contribution < -0.4 is 11.1 Å². The summed E-state index contributed by atoms with van der Waals surface area (Å²) in [5, 5.41) is 3.81. The SMILES string of the molecule is C[C@H](NC1CCCC(N)C1)C1CCCC1. The van der Waals surface area contributed by atoms with Gasteiger partial charge in [-0.15, -0.1) is 0 Å². The molecule has 2 nitrogen and oxygen atoms in total. The van der Waals surface area contributed by atoms with Crippen molar-refractivity contribution < 1.29 is 0 Å². The van der Waals surface area contributed by atoms with E-state index in [0.717, 1.165) is 5.92 Å². The summed E-state index contributed by atoms with van der Waals surface area (Å²) in [6, 6.07) is 1.86. The van der Waals surface area contributed by atoms with Gasteiger partial charge in [0.05, 0.1) is 0 Å². The molecule has 88 valence electrons. The monoisotopic (exact) mass is 210 g/mol. The van der Waals surface area contributed by atoms with Gasteiger partial charge in [-0.2, -0.15) is 0 Å². The van der Waals surface area contributed by atoms with Crippen molar-refractivity contribution in [1.82, 2.24) is 5.32 Å². The van der Waals surface area contributed by atoms with E-state index in [2.05, 4.69) is 12.2 Å². The lowest BCUT2D eigenvalue weighted by Crippen LogP contribution is -2.45. The maximum absolute atomic E-state index is 6.01. The summed E-state index contributed by atoms with van der Waals surface area (Å²) < 4.78 is 0. The Labute approximate surface area is 94.0 Å². The molecule has 0 bridgehead atoms. The van der Waals surface area contributed by atoms with E-state index in [9.17, 15) is 0 Å². The molecule has 2 unspecified atom stereocenters. The zero-order chi connectivity index (χ0) is 10.7. The van der Waals surface area contributed by atoms with Crippen LogP contribution in [0.4, 0.5) is 0 Å². The largest absolute Gasteiger partial charge is 0.328 e. The summed E-state index contributed by atoms with van der Waals surface area (Å²) in [5.41, 5.74) is 6.01. The van der Waals surface area contributed by atoms with E-state index >= 15 is 0 Å². The van der Waals surface area contributed by atoms with E-state index in [-0.39, 0.29) is 0 Å². The lowest BCUT2D eigenvalue weighted by molar-refractivity contribution is 0.277. The van der Waals surface area contributed by atoms with Gasteiger partial charge in [-0.05, 0) is 44.9 Å². The van der Waals surface area contributed by atoms with Crippen LogP contribution in [0.5, 0.6) is 0 Å². The van der Waals surface area contributed by atoms with Gasteiger partial charge in [0, 0.05) is 18.1 Å². The third kappa shape index (κ3) is 3.18. The van der Waals surface area contributed by atoms with Crippen LogP contribution in [0.2, 0.25) is 0 Å². The Morgan fingerprint density at radius 3 is 2.47 bits per heavy atom. The van der Waals surface area contributed by atoms with Gasteiger partial charge in [-0.1, -0.05) is 19.3 Å². The van der Waals surface area contributed by atoms with Gasteiger partial charge >= 0.3 is 0 Å². The molecule has 0 radical (unpaired) electrons. The summed E-state index contributed by atoms with van der Waals surface area (Å²) in [6.45, 7) is 2.37. The zero-order valence-corrected chi connectivity index (χ0v) is 10.0. The van der Waals surface area contributed by atoms with Crippen LogP contribution in [0.3, 0.4) is 0 Å². The predicted molar refractivity (Wildman–Crippen MR) is 64.8 cm³/mol. The first-order valence-corrected chi connectivity index (χ1v) is 6.77. The molecule has 3 N–H and O–H groups in total. The average Bonchev–Trinajstić information content (AvgIpc) is 2.70. The van der Waals surface area contributed by atoms with E-state index in [4.69, 9.17) is 5.73 Å². The van der Waals surface area contributed by atoms with Crippen LogP contribution in [-0.4, -0.2) is 18.1 Å². The number of nitrogens with two attached hydrogens (primary N) is 1. The summed E-state index contributed by atoms with van der Waals surface area (Å²) in [7, 11) is 0. The lowest BCUT2D eigenvalue weighted by Gasteiger charge is -2.32. The number of hydrogen-bond acceptors (Lipinski definition) is 2. The van der Waals surface area contributed by atoms with Gasteiger partial charge in [0.15, 0.2) is 0 Å². The van der Waals surface area contributed by atoms with E-state index in [1.165, 1.54) is 51.4 Å². The second kappa shape index (κ2) is 5.31. The van der Waals surface area contributed by atoms with E-state index < -0.39 is 0 Å². The first-order valence-electron chi connectivity index (χ1n) is 6.77. The van der Waals surface area contributed by atoms with Crippen LogP contribution in [0.25, 0.3) is 0 Å². The molecule has 2 aliphatic rings. The van der Waals surface area contributed by atoms with Crippen LogP contribution >= 0.6 is 0 Å². The quantitative estimate of drug-likeness (QED) is 0.751. The van der Waals surface area contributed by atoms with E-state index in [1.807, 2.05) is 0 Å². The third-order valence-corrected chi connectivity index (χ3v) is 4.32. The van der Waals surface area contributed by atoms with Crippen molar-refractivity contribution in [3.8, 4) is 0 Å². The van der Waals surface area contributed by atoms with Crippen LogP contribution in [0.1, 0.15) is 58.3 Å². The minimum Gasteiger partial charge on any atom is -0.328 e. The number of rotatable bonds is 3. The molecule has 0 spiro atoms. The first kappa shape index (κ1) is 11.4. The summed E-state index contributed by atoms with van der Waals surface area (Å²) >= 11 is 0. The highest BCUT2D eigenvalue weighted by Crippen LogP contribution is 2.28. The smallest absolute Gasteiger partial charge is 0.00843 e. The van der Waals surface area contributed by atoms with Crippen molar-refractivity contribution in [3.05, 3.63) is 0 Å². The minimum absolute atomic E-state index is 0.451. The van der Waals surface area contributed by atoms with Gasteiger partial charge in [-0.3, -0.25) is 0 Å². The fourth-order valence-electron chi connectivity index (χ4n) is 3.34. The summed E-state index contributed by atoms with van der Waals surface area (Å²) in [6.07, 6.45) is 10.8. The highest BCUT2D eigenvalue weighted by molar-refractivity contribution is 4.85. The first-order chi connectivity index (χ1) is 7.25. The fourth-order valence-corrected chi connectivity index (χ4v) is 3.34. The van der Waals surface area contributed by atoms with Gasteiger partial charge < -0.3 is 11.1 Å². The molecule has 0 amide bonds. The Morgan fingerprint density at radius 1 is 1.07 bits per heavy atom. The van der Waals surface area contributed by atoms with Gasteiger partial charge in [-0.25, -0.2) is 0 Å². The van der Waals surface area contributed by atoms with Crippen molar-refractivity contribution in [3.63, 3.8) is 0 Å². The molecule has 15 heavy (non-hydrogen) atoms. The Hall–Kier alpha value is -0.0800. The number of hydrogen-bond donors (Lipinski definition) is 2. The molecule has 0 aromatic heterocycles. The molecule has 3 atom stereocenters. The van der Waals surface area contributed by atoms with Crippen molar-refractivity contribution >= 4 is 0 Å². The molecule has 2 aliphatic carbocycles. The molecular weight excluding hydrogens is 184 g/mol. The summed E-state index contributed by atoms with van der Waals surface area (Å²) in [4.78, 5) is 0. The van der Waals surface area contributed by atoms with Gasteiger partial charge in [0.1, 0.15) is 0 Å². The second-order valence-corrected chi connectivity index (χ2v) is 5.62. The molecular formula is C13H26N2. The van der Waals surface area contributed by atoms with Gasteiger partial charge in [0.2, 0.25) is 0 Å². The van der Waals surface area contributed by atoms with Crippen LogP contribution in [-0.2, 0) is 0 Å². The highest BCUT2D eigenvalue weighted by Gasteiger charge is 2.25. The van der Waals surface area contributed by atoms with E-state index in [0.29, 0.717) is 18.1 Å². The normalized spacial score (nSPS) is 35.6. The zero-order valence-electron chi connectivity index (χ0n) is 10.0. The molecule has 0 heterocycles.